The van der Waals surface area contributed by atoms with Crippen LogP contribution in [0.15, 0.2) is 17.6 Å². The minimum absolute atomic E-state index is 0.0218. The Bertz CT molecular complexity index is 432. The molecule has 7 heteroatoms. The summed E-state index contributed by atoms with van der Waals surface area (Å²) < 4.78 is 1.75. The number of carboxylic acid groups (broad SMARTS) is 1. The van der Waals surface area contributed by atoms with E-state index in [-0.39, 0.29) is 17.7 Å². The van der Waals surface area contributed by atoms with Crippen LogP contribution >= 0.6 is 11.8 Å². The lowest BCUT2D eigenvalue weighted by Gasteiger charge is -2.24. The number of imidazole rings is 1. The fourth-order valence-corrected chi connectivity index (χ4v) is 2.52. The van der Waals surface area contributed by atoms with Gasteiger partial charge in [0.2, 0.25) is 5.91 Å². The lowest BCUT2D eigenvalue weighted by atomic mass is 10.1. The maximum atomic E-state index is 11.7. The molecule has 1 aliphatic heterocycles. The molecule has 6 nitrogen and oxygen atoms in total. The van der Waals surface area contributed by atoms with Crippen LogP contribution in [0.1, 0.15) is 18.9 Å². The molecule has 2 rings (SSSR count). The minimum Gasteiger partial charge on any atom is -0.481 e. The number of thioether (sulfide) groups is 1. The zero-order chi connectivity index (χ0) is 12.3. The third-order valence-electron chi connectivity index (χ3n) is 2.55. The summed E-state index contributed by atoms with van der Waals surface area (Å²) >= 11 is 1.13. The molecule has 1 amide bonds. The molecule has 1 saturated heterocycles. The molecule has 0 radical (unpaired) electrons. The summed E-state index contributed by atoms with van der Waals surface area (Å²) in [7, 11) is 0. The van der Waals surface area contributed by atoms with Crippen molar-refractivity contribution in [2.24, 2.45) is 0 Å². The molecular formula is C10H13N3O3S. The molecule has 17 heavy (non-hydrogen) atoms. The molecular weight excluding hydrogens is 242 g/mol. The number of piperidine rings is 1. The van der Waals surface area contributed by atoms with Gasteiger partial charge in [0, 0.05) is 18.9 Å². The van der Waals surface area contributed by atoms with Crippen molar-refractivity contribution < 1.29 is 14.7 Å². The Balaban J connectivity index is 2.12. The quantitative estimate of drug-likeness (QED) is 0.766. The van der Waals surface area contributed by atoms with Crippen LogP contribution < -0.4 is 5.32 Å². The van der Waals surface area contributed by atoms with E-state index in [1.807, 2.05) is 0 Å². The van der Waals surface area contributed by atoms with Crippen molar-refractivity contribution in [2.45, 2.75) is 24.0 Å². The van der Waals surface area contributed by atoms with Gasteiger partial charge in [0.15, 0.2) is 5.16 Å². The Morgan fingerprint density at radius 2 is 2.53 bits per heavy atom. The van der Waals surface area contributed by atoms with Crippen LogP contribution in [0.3, 0.4) is 0 Å². The van der Waals surface area contributed by atoms with Gasteiger partial charge in [0.25, 0.3) is 0 Å². The van der Waals surface area contributed by atoms with Crippen LogP contribution in [-0.2, 0) is 9.59 Å². The van der Waals surface area contributed by atoms with Gasteiger partial charge in [-0.15, -0.1) is 0 Å². The van der Waals surface area contributed by atoms with Crippen molar-refractivity contribution in [2.75, 3.05) is 12.3 Å². The van der Waals surface area contributed by atoms with Crippen LogP contribution in [-0.4, -0.2) is 38.8 Å². The molecule has 2 heterocycles. The first kappa shape index (κ1) is 12.0. The number of aromatic nitrogens is 2. The molecule has 1 fully saturated rings. The van der Waals surface area contributed by atoms with Gasteiger partial charge in [-0.25, -0.2) is 4.98 Å². The molecule has 0 aliphatic carbocycles. The average Bonchev–Trinajstić information content (AvgIpc) is 2.75. The fourth-order valence-electron chi connectivity index (χ4n) is 1.80. The second-order valence-corrected chi connectivity index (χ2v) is 4.69. The van der Waals surface area contributed by atoms with Crippen molar-refractivity contribution in [3.05, 3.63) is 12.4 Å². The summed E-state index contributed by atoms with van der Waals surface area (Å²) in [6, 6.07) is -0.262. The van der Waals surface area contributed by atoms with E-state index in [9.17, 15) is 9.59 Å². The fraction of sp³-hybridized carbons (Fsp3) is 0.500. The van der Waals surface area contributed by atoms with Crippen molar-refractivity contribution in [1.29, 1.82) is 0 Å². The van der Waals surface area contributed by atoms with E-state index in [1.165, 1.54) is 0 Å². The third-order valence-corrected chi connectivity index (χ3v) is 3.52. The molecule has 1 aromatic rings. The van der Waals surface area contributed by atoms with Gasteiger partial charge in [-0.1, -0.05) is 11.8 Å². The van der Waals surface area contributed by atoms with Gasteiger partial charge < -0.3 is 15.0 Å². The van der Waals surface area contributed by atoms with E-state index < -0.39 is 5.97 Å². The summed E-state index contributed by atoms with van der Waals surface area (Å²) in [6.45, 7) is 0.710. The molecule has 2 N–H and O–H groups in total. The number of nitrogens with zero attached hydrogens (tertiary/aromatic N) is 2. The zero-order valence-corrected chi connectivity index (χ0v) is 9.94. The van der Waals surface area contributed by atoms with Gasteiger partial charge in [-0.3, -0.25) is 9.59 Å². The van der Waals surface area contributed by atoms with Gasteiger partial charge >= 0.3 is 5.97 Å². The second kappa shape index (κ2) is 5.22. The van der Waals surface area contributed by atoms with E-state index in [1.54, 1.807) is 17.0 Å². The Kier molecular flexibility index (Phi) is 3.68. The van der Waals surface area contributed by atoms with Crippen LogP contribution in [0.5, 0.6) is 0 Å². The van der Waals surface area contributed by atoms with Gasteiger partial charge in [-0.05, 0) is 12.8 Å². The highest BCUT2D eigenvalue weighted by Crippen LogP contribution is 2.24. The number of carbonyl (C=O) groups is 2. The molecule has 0 aromatic carbocycles. The molecule has 1 aromatic heterocycles. The summed E-state index contributed by atoms with van der Waals surface area (Å²) in [4.78, 5) is 26.3. The Labute approximate surface area is 102 Å². The lowest BCUT2D eigenvalue weighted by molar-refractivity contribution is -0.134. The van der Waals surface area contributed by atoms with Crippen LogP contribution in [0.4, 0.5) is 0 Å². The third kappa shape index (κ3) is 2.79. The normalized spacial score (nSPS) is 20.0. The van der Waals surface area contributed by atoms with E-state index in [0.717, 1.165) is 24.6 Å². The molecule has 92 valence electrons. The lowest BCUT2D eigenvalue weighted by Crippen LogP contribution is -2.37. The number of nitrogens with one attached hydrogen (secondary N) is 1. The van der Waals surface area contributed by atoms with E-state index in [4.69, 9.17) is 5.11 Å². The molecule has 0 saturated carbocycles. The van der Waals surface area contributed by atoms with Crippen LogP contribution in [0.2, 0.25) is 0 Å². The number of hydrogen-bond donors (Lipinski definition) is 2. The number of carboxylic acids is 1. The summed E-state index contributed by atoms with van der Waals surface area (Å²) in [5.74, 6) is -0.963. The van der Waals surface area contributed by atoms with Gasteiger partial charge in [0.05, 0.1) is 5.75 Å². The van der Waals surface area contributed by atoms with Crippen molar-refractivity contribution in [1.82, 2.24) is 14.9 Å². The average molecular weight is 255 g/mol. The van der Waals surface area contributed by atoms with Gasteiger partial charge in [0.1, 0.15) is 6.04 Å². The maximum absolute atomic E-state index is 11.7. The highest BCUT2D eigenvalue weighted by Gasteiger charge is 2.25. The summed E-state index contributed by atoms with van der Waals surface area (Å²) in [5, 5.41) is 12.0. The summed E-state index contributed by atoms with van der Waals surface area (Å²) in [6.07, 6.45) is 5.01. The largest absolute Gasteiger partial charge is 0.481 e. The molecule has 1 aliphatic rings. The molecule has 1 atom stereocenters. The molecule has 0 spiro atoms. The highest BCUT2D eigenvalue weighted by atomic mass is 32.2. The van der Waals surface area contributed by atoms with E-state index in [2.05, 4.69) is 10.3 Å². The van der Waals surface area contributed by atoms with Crippen LogP contribution in [0, 0.1) is 0 Å². The predicted octanol–water partition coefficient (Wildman–Crippen LogP) is 0.511. The maximum Gasteiger partial charge on any atom is 0.313 e. The van der Waals surface area contributed by atoms with E-state index >= 15 is 0 Å². The number of rotatable bonds is 4. The first-order valence-electron chi connectivity index (χ1n) is 5.33. The van der Waals surface area contributed by atoms with Crippen molar-refractivity contribution in [3.63, 3.8) is 0 Å². The molecule has 0 bridgehead atoms. The number of hydrogen-bond acceptors (Lipinski definition) is 4. The number of carbonyl (C=O) groups excluding carboxylic acids is 1. The monoisotopic (exact) mass is 255 g/mol. The SMILES string of the molecule is O=C(O)CSc1nccn1C1CCCNC1=O. The predicted molar refractivity (Wildman–Crippen MR) is 61.9 cm³/mol. The smallest absolute Gasteiger partial charge is 0.313 e. The minimum atomic E-state index is -0.891. The number of amides is 1. The number of aliphatic carboxylic acids is 1. The van der Waals surface area contributed by atoms with Gasteiger partial charge in [-0.2, -0.15) is 0 Å². The Morgan fingerprint density at radius 3 is 3.24 bits per heavy atom. The zero-order valence-electron chi connectivity index (χ0n) is 9.13. The Morgan fingerprint density at radius 1 is 1.71 bits per heavy atom. The van der Waals surface area contributed by atoms with Crippen LogP contribution in [0.25, 0.3) is 0 Å². The van der Waals surface area contributed by atoms with E-state index in [0.29, 0.717) is 11.7 Å². The first-order valence-corrected chi connectivity index (χ1v) is 6.32. The second-order valence-electron chi connectivity index (χ2n) is 3.75. The standard InChI is InChI=1S/C10H13N3O3S/c14-8(15)6-17-10-12-4-5-13(10)7-2-1-3-11-9(7)16/h4-5,7H,1-3,6H2,(H,11,16)(H,14,15). The topological polar surface area (TPSA) is 84.2 Å². The van der Waals surface area contributed by atoms with Crippen molar-refractivity contribution in [3.8, 4) is 0 Å². The van der Waals surface area contributed by atoms with Crippen molar-refractivity contribution >= 4 is 23.6 Å². The Hall–Kier alpha value is -1.50. The summed E-state index contributed by atoms with van der Waals surface area (Å²) in [5.41, 5.74) is 0. The highest BCUT2D eigenvalue weighted by molar-refractivity contribution is 7.99. The first-order chi connectivity index (χ1) is 8.18. The molecule has 1 unspecified atom stereocenters.